The molecule has 0 atom stereocenters. The molecule has 3 heteroatoms. The number of nitrogens with two attached hydrogens (primary N) is 1. The van der Waals surface area contributed by atoms with Gasteiger partial charge in [-0.1, -0.05) is 30.3 Å². The van der Waals surface area contributed by atoms with Crippen molar-refractivity contribution in [1.29, 1.82) is 0 Å². The van der Waals surface area contributed by atoms with Crippen molar-refractivity contribution >= 4 is 0 Å². The van der Waals surface area contributed by atoms with Gasteiger partial charge >= 0.3 is 0 Å². The Hall–Kier alpha value is -1.74. The van der Waals surface area contributed by atoms with Gasteiger partial charge in [-0.05, 0) is 6.07 Å². The zero-order valence-corrected chi connectivity index (χ0v) is 7.72. The van der Waals surface area contributed by atoms with Crippen LogP contribution in [0, 0.1) is 0 Å². The van der Waals surface area contributed by atoms with Crippen LogP contribution in [0.25, 0.3) is 11.3 Å². The fraction of sp³-hybridized carbons (Fsp3) is 0.0909. The second-order valence-corrected chi connectivity index (χ2v) is 2.93. The molecule has 0 radical (unpaired) electrons. The molecule has 0 aliphatic heterocycles. The molecule has 0 spiro atoms. The molecular formula is C11H11N3. The third-order valence-corrected chi connectivity index (χ3v) is 1.96. The Bertz CT molecular complexity index is 412. The molecule has 0 saturated heterocycles. The van der Waals surface area contributed by atoms with Crippen LogP contribution in [0.3, 0.4) is 0 Å². The van der Waals surface area contributed by atoms with Crippen molar-refractivity contribution in [1.82, 2.24) is 9.97 Å². The average Bonchev–Trinajstić information content (AvgIpc) is 2.30. The maximum Gasteiger partial charge on any atom is 0.142 e. The number of nitrogens with zero attached hydrogens (tertiary/aromatic N) is 2. The Labute approximate surface area is 82.6 Å². The Balaban J connectivity index is 2.42. The van der Waals surface area contributed by atoms with Gasteiger partial charge in [-0.15, -0.1) is 0 Å². The highest BCUT2D eigenvalue weighted by Gasteiger charge is 1.99. The topological polar surface area (TPSA) is 51.8 Å². The van der Waals surface area contributed by atoms with Gasteiger partial charge in [0.25, 0.3) is 0 Å². The van der Waals surface area contributed by atoms with Crippen molar-refractivity contribution in [3.8, 4) is 11.3 Å². The van der Waals surface area contributed by atoms with E-state index in [2.05, 4.69) is 9.97 Å². The highest BCUT2D eigenvalue weighted by molar-refractivity contribution is 5.58. The summed E-state index contributed by atoms with van der Waals surface area (Å²) >= 11 is 0. The lowest BCUT2D eigenvalue weighted by atomic mass is 10.1. The van der Waals surface area contributed by atoms with Crippen LogP contribution in [0.4, 0.5) is 0 Å². The largest absolute Gasteiger partial charge is 0.324 e. The molecule has 0 aliphatic carbocycles. The molecular weight excluding hydrogens is 174 g/mol. The van der Waals surface area contributed by atoms with Gasteiger partial charge < -0.3 is 5.73 Å². The van der Waals surface area contributed by atoms with Gasteiger partial charge in [0.1, 0.15) is 5.82 Å². The van der Waals surface area contributed by atoms with Gasteiger partial charge in [0.05, 0.1) is 12.2 Å². The summed E-state index contributed by atoms with van der Waals surface area (Å²) in [5, 5.41) is 0. The van der Waals surface area contributed by atoms with Gasteiger partial charge in [-0.2, -0.15) is 0 Å². The molecule has 1 aromatic heterocycles. The molecule has 0 aliphatic rings. The molecule has 2 rings (SSSR count). The van der Waals surface area contributed by atoms with Crippen molar-refractivity contribution < 1.29 is 0 Å². The van der Waals surface area contributed by atoms with E-state index in [9.17, 15) is 0 Å². The smallest absolute Gasteiger partial charge is 0.142 e. The summed E-state index contributed by atoms with van der Waals surface area (Å²) in [5.41, 5.74) is 7.48. The molecule has 1 aromatic carbocycles. The van der Waals surface area contributed by atoms with Gasteiger partial charge in [-0.25, -0.2) is 9.97 Å². The molecule has 1 heterocycles. The van der Waals surface area contributed by atoms with Crippen molar-refractivity contribution in [3.63, 3.8) is 0 Å². The monoisotopic (exact) mass is 185 g/mol. The molecule has 2 N–H and O–H groups in total. The number of aromatic nitrogens is 2. The van der Waals surface area contributed by atoms with Crippen molar-refractivity contribution in [2.45, 2.75) is 6.54 Å². The summed E-state index contributed by atoms with van der Waals surface area (Å²) in [7, 11) is 0. The van der Waals surface area contributed by atoms with Crippen LogP contribution < -0.4 is 5.73 Å². The minimum absolute atomic E-state index is 0.376. The van der Waals surface area contributed by atoms with Crippen LogP contribution in [0.5, 0.6) is 0 Å². The SMILES string of the molecule is NCc1nccc(-c2ccccc2)n1. The average molecular weight is 185 g/mol. The van der Waals surface area contributed by atoms with Crippen molar-refractivity contribution in [3.05, 3.63) is 48.4 Å². The summed E-state index contributed by atoms with van der Waals surface area (Å²) in [6.45, 7) is 0.376. The fourth-order valence-corrected chi connectivity index (χ4v) is 1.27. The van der Waals surface area contributed by atoms with Crippen LogP contribution in [-0.2, 0) is 6.54 Å². The molecule has 0 fully saturated rings. The highest BCUT2D eigenvalue weighted by Crippen LogP contribution is 2.14. The Morgan fingerprint density at radius 2 is 1.86 bits per heavy atom. The lowest BCUT2D eigenvalue weighted by Crippen LogP contribution is -2.02. The molecule has 2 aromatic rings. The highest BCUT2D eigenvalue weighted by atomic mass is 14.9. The second kappa shape index (κ2) is 3.98. The van der Waals surface area contributed by atoms with E-state index in [1.165, 1.54) is 0 Å². The van der Waals surface area contributed by atoms with Crippen LogP contribution >= 0.6 is 0 Å². The normalized spacial score (nSPS) is 10.1. The first-order valence-electron chi connectivity index (χ1n) is 4.47. The van der Waals surface area contributed by atoms with E-state index in [4.69, 9.17) is 5.73 Å². The summed E-state index contributed by atoms with van der Waals surface area (Å²) < 4.78 is 0. The third kappa shape index (κ3) is 1.78. The van der Waals surface area contributed by atoms with E-state index in [-0.39, 0.29) is 0 Å². The van der Waals surface area contributed by atoms with Crippen molar-refractivity contribution in [2.24, 2.45) is 5.73 Å². The molecule has 0 amide bonds. The predicted molar refractivity (Wildman–Crippen MR) is 55.4 cm³/mol. The zero-order chi connectivity index (χ0) is 9.80. The fourth-order valence-electron chi connectivity index (χ4n) is 1.27. The van der Waals surface area contributed by atoms with E-state index >= 15 is 0 Å². The van der Waals surface area contributed by atoms with Crippen LogP contribution in [-0.4, -0.2) is 9.97 Å². The van der Waals surface area contributed by atoms with Crippen LogP contribution in [0.15, 0.2) is 42.6 Å². The number of hydrogen-bond donors (Lipinski definition) is 1. The quantitative estimate of drug-likeness (QED) is 0.773. The predicted octanol–water partition coefficient (Wildman–Crippen LogP) is 1.60. The van der Waals surface area contributed by atoms with Crippen LogP contribution in [0.2, 0.25) is 0 Å². The maximum atomic E-state index is 5.47. The molecule has 0 unspecified atom stereocenters. The van der Waals surface area contributed by atoms with Gasteiger partial charge in [0, 0.05) is 11.8 Å². The maximum absolute atomic E-state index is 5.47. The Morgan fingerprint density at radius 3 is 2.57 bits per heavy atom. The second-order valence-electron chi connectivity index (χ2n) is 2.93. The van der Waals surface area contributed by atoms with E-state index < -0.39 is 0 Å². The van der Waals surface area contributed by atoms with Gasteiger partial charge in [-0.3, -0.25) is 0 Å². The van der Waals surface area contributed by atoms with Crippen molar-refractivity contribution in [2.75, 3.05) is 0 Å². The first-order valence-corrected chi connectivity index (χ1v) is 4.47. The molecule has 14 heavy (non-hydrogen) atoms. The minimum Gasteiger partial charge on any atom is -0.324 e. The minimum atomic E-state index is 0.376. The summed E-state index contributed by atoms with van der Waals surface area (Å²) in [4.78, 5) is 8.37. The van der Waals surface area contributed by atoms with Gasteiger partial charge in [0.2, 0.25) is 0 Å². The summed E-state index contributed by atoms with van der Waals surface area (Å²) in [6, 6.07) is 11.9. The molecule has 0 saturated carbocycles. The number of rotatable bonds is 2. The number of benzene rings is 1. The first-order chi connectivity index (χ1) is 6.90. The standard InChI is InChI=1S/C11H11N3/c12-8-11-13-7-6-10(14-11)9-4-2-1-3-5-9/h1-7H,8,12H2. The summed E-state index contributed by atoms with van der Waals surface area (Å²) in [6.07, 6.45) is 1.73. The lowest BCUT2D eigenvalue weighted by Gasteiger charge is -2.01. The van der Waals surface area contributed by atoms with Crippen LogP contribution in [0.1, 0.15) is 5.82 Å². The zero-order valence-electron chi connectivity index (χ0n) is 7.72. The third-order valence-electron chi connectivity index (χ3n) is 1.96. The molecule has 3 nitrogen and oxygen atoms in total. The van der Waals surface area contributed by atoms with Gasteiger partial charge in [0.15, 0.2) is 0 Å². The Kier molecular flexibility index (Phi) is 2.51. The molecule has 70 valence electrons. The molecule has 0 bridgehead atoms. The number of hydrogen-bond acceptors (Lipinski definition) is 3. The van der Waals surface area contributed by atoms with E-state index in [1.807, 2.05) is 36.4 Å². The lowest BCUT2D eigenvalue weighted by molar-refractivity contribution is 0.912. The van der Waals surface area contributed by atoms with E-state index in [1.54, 1.807) is 6.20 Å². The van der Waals surface area contributed by atoms with E-state index in [0.717, 1.165) is 11.3 Å². The summed E-state index contributed by atoms with van der Waals surface area (Å²) in [5.74, 6) is 0.673. The first kappa shape index (κ1) is 8.84. The Morgan fingerprint density at radius 1 is 1.07 bits per heavy atom. The van der Waals surface area contributed by atoms with E-state index in [0.29, 0.717) is 12.4 Å².